The average molecular weight is 409 g/mol. The molecule has 0 atom stereocenters. The Kier molecular flexibility index (Phi) is 4.71. The van der Waals surface area contributed by atoms with Gasteiger partial charge in [-0.25, -0.2) is 8.42 Å². The molecular formula is C21H19N3O4S. The van der Waals surface area contributed by atoms with Gasteiger partial charge in [-0.2, -0.15) is 0 Å². The molecule has 4 aromatic rings. The Bertz CT molecular complexity index is 1360. The highest BCUT2D eigenvalue weighted by molar-refractivity contribution is 7.91. The molecule has 0 fully saturated rings. The summed E-state index contributed by atoms with van der Waals surface area (Å²) in [5.41, 5.74) is 1.57. The molecule has 148 valence electrons. The van der Waals surface area contributed by atoms with Gasteiger partial charge in [0.2, 0.25) is 0 Å². The van der Waals surface area contributed by atoms with E-state index in [2.05, 4.69) is 9.97 Å². The number of benzene rings is 1. The molecule has 1 aromatic carbocycles. The largest absolute Gasteiger partial charge is 0.455 e. The van der Waals surface area contributed by atoms with Crippen LogP contribution in [0, 0.1) is 0 Å². The molecule has 3 heterocycles. The van der Waals surface area contributed by atoms with E-state index in [0.29, 0.717) is 33.5 Å². The molecule has 7 nitrogen and oxygen atoms in total. The summed E-state index contributed by atoms with van der Waals surface area (Å²) in [5.74, 6) is 0.989. The van der Waals surface area contributed by atoms with Gasteiger partial charge in [-0.1, -0.05) is 6.92 Å². The Labute approximate surface area is 167 Å². The standard InChI is InChI=1S/C21H19N3O4S/c1-3-29(26,27)15-6-7-19(28-14-5-4-9-22-12-14)17(11-15)18-13-24(2)20-16(18)8-10-23-21(20)25/h4-13H,3H2,1-2H3,(H,23,25). The summed E-state index contributed by atoms with van der Waals surface area (Å²) >= 11 is 0. The number of H-pyrrole nitrogens is 1. The zero-order valence-electron chi connectivity index (χ0n) is 15.9. The zero-order valence-corrected chi connectivity index (χ0v) is 16.7. The zero-order chi connectivity index (χ0) is 20.6. The molecule has 0 amide bonds. The van der Waals surface area contributed by atoms with Gasteiger partial charge in [-0.05, 0) is 36.4 Å². The molecule has 0 aliphatic rings. The SMILES string of the molecule is CCS(=O)(=O)c1ccc(Oc2cccnc2)c(-c2cn(C)c3c(=O)[nH]ccc23)c1. The van der Waals surface area contributed by atoms with Gasteiger partial charge in [0, 0.05) is 42.2 Å². The monoisotopic (exact) mass is 409 g/mol. The lowest BCUT2D eigenvalue weighted by atomic mass is 10.0. The van der Waals surface area contributed by atoms with Crippen LogP contribution in [0.2, 0.25) is 0 Å². The predicted octanol–water partition coefficient (Wildman–Crippen LogP) is 3.51. The number of ether oxygens (including phenoxy) is 1. The van der Waals surface area contributed by atoms with E-state index >= 15 is 0 Å². The molecule has 0 saturated heterocycles. The van der Waals surface area contributed by atoms with Crippen LogP contribution < -0.4 is 10.3 Å². The van der Waals surface area contributed by atoms with E-state index in [0.717, 1.165) is 0 Å². The van der Waals surface area contributed by atoms with Crippen LogP contribution in [-0.2, 0) is 16.9 Å². The van der Waals surface area contributed by atoms with Crippen molar-refractivity contribution in [2.45, 2.75) is 11.8 Å². The van der Waals surface area contributed by atoms with Gasteiger partial charge < -0.3 is 14.3 Å². The summed E-state index contributed by atoms with van der Waals surface area (Å²) in [7, 11) is -1.64. The average Bonchev–Trinajstić information content (AvgIpc) is 3.06. The second-order valence-electron chi connectivity index (χ2n) is 6.57. The van der Waals surface area contributed by atoms with Crippen LogP contribution in [0.1, 0.15) is 6.92 Å². The van der Waals surface area contributed by atoms with Crippen LogP contribution >= 0.6 is 0 Å². The number of rotatable bonds is 5. The predicted molar refractivity (Wildman–Crippen MR) is 111 cm³/mol. The van der Waals surface area contributed by atoms with E-state index < -0.39 is 9.84 Å². The fraction of sp³-hybridized carbons (Fsp3) is 0.143. The van der Waals surface area contributed by atoms with E-state index in [1.54, 1.807) is 73.7 Å². The van der Waals surface area contributed by atoms with E-state index in [1.165, 1.54) is 6.07 Å². The fourth-order valence-corrected chi connectivity index (χ4v) is 4.19. The number of nitrogens with one attached hydrogen (secondary N) is 1. The third-order valence-corrected chi connectivity index (χ3v) is 6.48. The van der Waals surface area contributed by atoms with Crippen molar-refractivity contribution in [3.05, 3.63) is 71.5 Å². The molecule has 0 unspecified atom stereocenters. The quantitative estimate of drug-likeness (QED) is 0.544. The Morgan fingerprint density at radius 2 is 2.00 bits per heavy atom. The number of fused-ring (bicyclic) bond motifs is 1. The first-order chi connectivity index (χ1) is 13.9. The van der Waals surface area contributed by atoms with Gasteiger partial charge in [0.1, 0.15) is 17.0 Å². The van der Waals surface area contributed by atoms with Crippen molar-refractivity contribution < 1.29 is 13.2 Å². The normalized spacial score (nSPS) is 11.7. The van der Waals surface area contributed by atoms with Crippen molar-refractivity contribution in [1.82, 2.24) is 14.5 Å². The van der Waals surface area contributed by atoms with E-state index in [1.807, 2.05) is 0 Å². The first-order valence-electron chi connectivity index (χ1n) is 9.02. The van der Waals surface area contributed by atoms with Gasteiger partial charge in [-0.3, -0.25) is 9.78 Å². The van der Waals surface area contributed by atoms with E-state index in [4.69, 9.17) is 4.74 Å². The molecule has 0 bridgehead atoms. The first kappa shape index (κ1) is 18.9. The minimum Gasteiger partial charge on any atom is -0.455 e. The highest BCUT2D eigenvalue weighted by atomic mass is 32.2. The van der Waals surface area contributed by atoms with Crippen LogP contribution in [0.3, 0.4) is 0 Å². The minimum absolute atomic E-state index is 0.00947. The number of aromatic nitrogens is 3. The van der Waals surface area contributed by atoms with Gasteiger partial charge in [0.05, 0.1) is 16.8 Å². The van der Waals surface area contributed by atoms with E-state index in [9.17, 15) is 13.2 Å². The fourth-order valence-electron chi connectivity index (χ4n) is 3.28. The maximum Gasteiger partial charge on any atom is 0.272 e. The summed E-state index contributed by atoms with van der Waals surface area (Å²) < 4.78 is 32.7. The molecular weight excluding hydrogens is 390 g/mol. The number of hydrogen-bond donors (Lipinski definition) is 1. The van der Waals surface area contributed by atoms with Crippen molar-refractivity contribution >= 4 is 20.7 Å². The van der Waals surface area contributed by atoms with Crippen molar-refractivity contribution in [3.63, 3.8) is 0 Å². The molecule has 0 radical (unpaired) electrons. The molecule has 1 N–H and O–H groups in total. The molecule has 4 rings (SSSR count). The van der Waals surface area contributed by atoms with Crippen LogP contribution in [0.15, 0.2) is 70.9 Å². The number of nitrogens with zero attached hydrogens (tertiary/aromatic N) is 2. The van der Waals surface area contributed by atoms with Crippen molar-refractivity contribution in [1.29, 1.82) is 0 Å². The molecule has 0 spiro atoms. The van der Waals surface area contributed by atoms with Crippen LogP contribution in [-0.4, -0.2) is 28.7 Å². The van der Waals surface area contributed by atoms with Gasteiger partial charge >= 0.3 is 0 Å². The molecule has 8 heteroatoms. The lowest BCUT2D eigenvalue weighted by molar-refractivity contribution is 0.481. The topological polar surface area (TPSA) is 94.1 Å². The third-order valence-electron chi connectivity index (χ3n) is 4.74. The summed E-state index contributed by atoms with van der Waals surface area (Å²) in [6.07, 6.45) is 6.59. The lowest BCUT2D eigenvalue weighted by Crippen LogP contribution is -2.07. The highest BCUT2D eigenvalue weighted by Crippen LogP contribution is 2.38. The molecule has 0 aliphatic heterocycles. The maximum atomic E-state index is 12.5. The maximum absolute atomic E-state index is 12.5. The Balaban J connectivity index is 1.98. The summed E-state index contributed by atoms with van der Waals surface area (Å²) in [4.78, 5) is 19.2. The summed E-state index contributed by atoms with van der Waals surface area (Å²) in [5, 5.41) is 0.707. The number of hydrogen-bond acceptors (Lipinski definition) is 5. The Morgan fingerprint density at radius 3 is 2.72 bits per heavy atom. The van der Waals surface area contributed by atoms with Crippen molar-refractivity contribution in [2.24, 2.45) is 7.05 Å². The van der Waals surface area contributed by atoms with Crippen molar-refractivity contribution in [3.8, 4) is 22.6 Å². The smallest absolute Gasteiger partial charge is 0.272 e. The van der Waals surface area contributed by atoms with Crippen LogP contribution in [0.5, 0.6) is 11.5 Å². The van der Waals surface area contributed by atoms with Gasteiger partial charge in [-0.15, -0.1) is 0 Å². The number of sulfone groups is 1. The number of aromatic amines is 1. The van der Waals surface area contributed by atoms with E-state index in [-0.39, 0.29) is 16.2 Å². The number of aryl methyl sites for hydroxylation is 1. The van der Waals surface area contributed by atoms with Crippen LogP contribution in [0.4, 0.5) is 0 Å². The molecule has 0 aliphatic carbocycles. The van der Waals surface area contributed by atoms with Crippen molar-refractivity contribution in [2.75, 3.05) is 5.75 Å². The molecule has 29 heavy (non-hydrogen) atoms. The van der Waals surface area contributed by atoms with Gasteiger partial charge in [0.25, 0.3) is 5.56 Å². The molecule has 0 saturated carbocycles. The van der Waals surface area contributed by atoms with Crippen LogP contribution in [0.25, 0.3) is 22.0 Å². The Hall–Kier alpha value is -3.39. The lowest BCUT2D eigenvalue weighted by Gasteiger charge is -2.13. The minimum atomic E-state index is -3.42. The number of pyridine rings is 2. The molecule has 3 aromatic heterocycles. The van der Waals surface area contributed by atoms with Gasteiger partial charge in [0.15, 0.2) is 9.84 Å². The third kappa shape index (κ3) is 3.42. The second kappa shape index (κ2) is 7.21. The summed E-state index contributed by atoms with van der Waals surface area (Å²) in [6.45, 7) is 1.60. The second-order valence-corrected chi connectivity index (χ2v) is 8.85. The Morgan fingerprint density at radius 1 is 1.17 bits per heavy atom. The first-order valence-corrected chi connectivity index (χ1v) is 10.7. The highest BCUT2D eigenvalue weighted by Gasteiger charge is 2.20. The summed E-state index contributed by atoms with van der Waals surface area (Å²) in [6, 6.07) is 10.1.